The zero-order chi connectivity index (χ0) is 23.9. The fourth-order valence-corrected chi connectivity index (χ4v) is 2.21. The zero-order valence-electron chi connectivity index (χ0n) is 11.5. The lowest BCUT2D eigenvalue weighted by molar-refractivity contribution is -0.409. The highest BCUT2D eigenvalue weighted by molar-refractivity contribution is 8.46. The van der Waals surface area contributed by atoms with Crippen LogP contribution in [0.25, 0.3) is 0 Å². The second-order valence-electron chi connectivity index (χ2n) is 4.75. The predicted octanol–water partition coefficient (Wildman–Crippen LogP) is 5.56. The number of hydrogen-bond donors (Lipinski definition) is 0. The standard InChI is InChI=1S/C6HF17O3S2/c7-1(8,3(11,12)5(15,16)27(24,25)26)2(9,10)4(13,14)6(17,18)28(19,20,21,22)23/h(H,24,25,26)/p-1. The molecule has 0 heterocycles. The number of rotatable bonds is 7. The van der Waals surface area contributed by atoms with Gasteiger partial charge in [0, 0.05) is 0 Å². The normalized spacial score (nSPS) is 19.2. The largest absolute Gasteiger partial charge is 0.743 e. The molecule has 0 atom stereocenters. The molecule has 0 saturated heterocycles. The van der Waals surface area contributed by atoms with E-state index in [0.717, 1.165) is 0 Å². The van der Waals surface area contributed by atoms with E-state index < -0.39 is 54.5 Å². The molecule has 0 aromatic carbocycles. The summed E-state index contributed by atoms with van der Waals surface area (Å²) in [6.45, 7) is 0. The van der Waals surface area contributed by atoms with Crippen molar-refractivity contribution in [3.8, 4) is 0 Å². The Hall–Kier alpha value is -0.930. The smallest absolute Gasteiger partial charge is 0.450 e. The average Bonchev–Trinajstić information content (AvgIpc) is 2.32. The topological polar surface area (TPSA) is 57.2 Å². The molecule has 0 amide bonds. The van der Waals surface area contributed by atoms with Gasteiger partial charge < -0.3 is 4.55 Å². The Morgan fingerprint density at radius 2 is 0.786 bits per heavy atom. The molecule has 0 saturated carbocycles. The maximum atomic E-state index is 12.9. The molecular formula is C6F17O3S2-. The maximum Gasteiger partial charge on any atom is 0.450 e. The number of hydrogen-bond acceptors (Lipinski definition) is 3. The van der Waals surface area contributed by atoms with Crippen LogP contribution in [-0.4, -0.2) is 47.2 Å². The van der Waals surface area contributed by atoms with E-state index in [9.17, 15) is 85.1 Å². The van der Waals surface area contributed by atoms with Gasteiger partial charge in [-0.2, -0.15) is 52.7 Å². The van der Waals surface area contributed by atoms with Crippen LogP contribution in [0.5, 0.6) is 0 Å². The van der Waals surface area contributed by atoms with Gasteiger partial charge in [0.25, 0.3) is 0 Å². The molecule has 0 N–H and O–H groups in total. The molecule has 3 nitrogen and oxygen atoms in total. The Labute approximate surface area is 140 Å². The highest BCUT2D eigenvalue weighted by Crippen LogP contribution is 3.06. The minimum absolute atomic E-state index is 8.01. The Balaban J connectivity index is 7.00. The molecular weight excluding hydrogens is 507 g/mol. The Kier molecular flexibility index (Phi) is 5.04. The fourth-order valence-electron chi connectivity index (χ4n) is 1.16. The van der Waals surface area contributed by atoms with Crippen LogP contribution >= 0.6 is 10.2 Å². The fraction of sp³-hybridized carbons (Fsp3) is 1.00. The van der Waals surface area contributed by atoms with Crippen LogP contribution in [0.1, 0.15) is 0 Å². The molecule has 0 radical (unpaired) electrons. The van der Waals surface area contributed by atoms with Crippen molar-refractivity contribution in [3.63, 3.8) is 0 Å². The van der Waals surface area contributed by atoms with Gasteiger partial charge in [0.2, 0.25) is 0 Å². The molecule has 174 valence electrons. The zero-order valence-corrected chi connectivity index (χ0v) is 13.1. The molecule has 0 rings (SSSR count). The van der Waals surface area contributed by atoms with E-state index in [4.69, 9.17) is 0 Å². The van der Waals surface area contributed by atoms with Crippen LogP contribution in [0.3, 0.4) is 0 Å². The molecule has 0 aromatic heterocycles. The van der Waals surface area contributed by atoms with Crippen molar-refractivity contribution in [2.75, 3.05) is 0 Å². The third-order valence-corrected chi connectivity index (χ3v) is 4.82. The van der Waals surface area contributed by atoms with E-state index >= 15 is 0 Å². The van der Waals surface area contributed by atoms with Crippen molar-refractivity contribution in [1.82, 2.24) is 0 Å². The quantitative estimate of drug-likeness (QED) is 0.335. The molecule has 0 aliphatic carbocycles. The lowest BCUT2D eigenvalue weighted by atomic mass is 9.98. The molecule has 0 aromatic rings. The first-order chi connectivity index (χ1) is 11.2. The maximum absolute atomic E-state index is 13.3. The summed E-state index contributed by atoms with van der Waals surface area (Å²) in [5, 5.41) is -17.5. The summed E-state index contributed by atoms with van der Waals surface area (Å²) in [6.07, 6.45) is 0. The van der Waals surface area contributed by atoms with Crippen LogP contribution in [-0.2, 0) is 10.1 Å². The summed E-state index contributed by atoms with van der Waals surface area (Å²) < 4.78 is 241. The Bertz CT molecular complexity index is 746. The molecule has 0 aliphatic rings. The van der Waals surface area contributed by atoms with Crippen molar-refractivity contribution >= 4 is 20.3 Å². The van der Waals surface area contributed by atoms with Gasteiger partial charge >= 0.3 is 44.4 Å². The molecule has 0 spiro atoms. The predicted molar refractivity (Wildman–Crippen MR) is 52.5 cm³/mol. The molecule has 22 heteroatoms. The van der Waals surface area contributed by atoms with Gasteiger partial charge in [0.15, 0.2) is 10.1 Å². The number of halogens is 17. The van der Waals surface area contributed by atoms with Crippen LogP contribution in [0.4, 0.5) is 72.1 Å². The van der Waals surface area contributed by atoms with E-state index in [1.165, 1.54) is 0 Å². The summed E-state index contributed by atoms with van der Waals surface area (Å²) in [6, 6.07) is 0. The second kappa shape index (κ2) is 5.21. The van der Waals surface area contributed by atoms with Crippen molar-refractivity contribution < 1.29 is 85.1 Å². The van der Waals surface area contributed by atoms with Gasteiger partial charge in [-0.25, -0.2) is 8.42 Å². The van der Waals surface area contributed by atoms with Gasteiger partial charge in [-0.15, -0.1) is 0 Å². The van der Waals surface area contributed by atoms with E-state index in [0.29, 0.717) is 0 Å². The highest BCUT2D eigenvalue weighted by Gasteiger charge is 3.00. The van der Waals surface area contributed by atoms with Crippen molar-refractivity contribution in [3.05, 3.63) is 0 Å². The molecule has 0 unspecified atom stereocenters. The summed E-state index contributed by atoms with van der Waals surface area (Å²) in [7, 11) is -21.5. The van der Waals surface area contributed by atoms with E-state index in [1.54, 1.807) is 0 Å². The summed E-state index contributed by atoms with van der Waals surface area (Å²) in [5.41, 5.74) is 0. The Morgan fingerprint density at radius 1 is 0.536 bits per heavy atom. The number of alkyl halides is 12. The van der Waals surface area contributed by atoms with Crippen LogP contribution in [0.15, 0.2) is 0 Å². The summed E-state index contributed by atoms with van der Waals surface area (Å²) in [5.74, 6) is -35.9. The van der Waals surface area contributed by atoms with Gasteiger partial charge in [-0.3, -0.25) is 0 Å². The minimum Gasteiger partial charge on any atom is -0.743 e. The van der Waals surface area contributed by atoms with Crippen molar-refractivity contribution in [2.45, 2.75) is 34.2 Å². The van der Waals surface area contributed by atoms with Gasteiger partial charge in [-0.1, -0.05) is 19.4 Å². The van der Waals surface area contributed by atoms with Crippen LogP contribution < -0.4 is 0 Å². The minimum atomic E-state index is -13.3. The first-order valence-electron chi connectivity index (χ1n) is 5.20. The lowest BCUT2D eigenvalue weighted by Crippen LogP contribution is -2.72. The van der Waals surface area contributed by atoms with Crippen LogP contribution in [0, 0.1) is 0 Å². The lowest BCUT2D eigenvalue weighted by Gasteiger charge is -2.50. The van der Waals surface area contributed by atoms with Gasteiger partial charge in [0.1, 0.15) is 0 Å². The Morgan fingerprint density at radius 3 is 1.00 bits per heavy atom. The van der Waals surface area contributed by atoms with Crippen molar-refractivity contribution in [2.24, 2.45) is 0 Å². The average molecular weight is 507 g/mol. The van der Waals surface area contributed by atoms with Gasteiger partial charge in [-0.05, 0) is 0 Å². The second-order valence-corrected chi connectivity index (χ2v) is 8.63. The first kappa shape index (κ1) is 27.1. The van der Waals surface area contributed by atoms with Crippen LogP contribution in [0.2, 0.25) is 0 Å². The molecule has 0 fully saturated rings. The summed E-state index contributed by atoms with van der Waals surface area (Å²) in [4.78, 5) is 0. The third-order valence-electron chi connectivity index (χ3n) is 2.71. The molecule has 0 bridgehead atoms. The highest BCUT2D eigenvalue weighted by atomic mass is 32.5. The van der Waals surface area contributed by atoms with Crippen molar-refractivity contribution in [1.29, 1.82) is 0 Å². The molecule has 28 heavy (non-hydrogen) atoms. The van der Waals surface area contributed by atoms with E-state index in [1.807, 2.05) is 0 Å². The first-order valence-corrected chi connectivity index (χ1v) is 8.56. The van der Waals surface area contributed by atoms with E-state index in [-0.39, 0.29) is 0 Å². The van der Waals surface area contributed by atoms with Gasteiger partial charge in [0.05, 0.1) is 0 Å². The SMILES string of the molecule is O=S(=O)([O-])C(F)(F)C(F)(F)C(F)(F)C(F)(F)C(F)(F)C(F)(F)S(F)(F)(F)(F)F. The third kappa shape index (κ3) is 3.13. The van der Waals surface area contributed by atoms with E-state index in [2.05, 4.69) is 0 Å². The summed E-state index contributed by atoms with van der Waals surface area (Å²) >= 11 is 0. The molecule has 0 aliphatic heterocycles. The monoisotopic (exact) mass is 507 g/mol.